The largest absolute Gasteiger partial charge is 0.493 e. The van der Waals surface area contributed by atoms with Gasteiger partial charge in [0.05, 0.1) is 13.2 Å². The number of carbonyl (C=O) groups excluding carboxylic acids is 1. The summed E-state index contributed by atoms with van der Waals surface area (Å²) in [5.41, 5.74) is 2.30. The molecular weight excluding hydrogens is 326 g/mol. The Morgan fingerprint density at radius 1 is 1.35 bits per heavy atom. The third-order valence-corrected chi connectivity index (χ3v) is 5.66. The average molecular weight is 357 g/mol. The zero-order valence-electron chi connectivity index (χ0n) is 15.9. The molecule has 3 fully saturated rings. The van der Waals surface area contributed by atoms with E-state index in [0.29, 0.717) is 25.4 Å². The number of hydrogen-bond donors (Lipinski definition) is 0. The van der Waals surface area contributed by atoms with Crippen LogP contribution in [0.3, 0.4) is 0 Å². The highest BCUT2D eigenvalue weighted by molar-refractivity contribution is 5.69. The Balaban J connectivity index is 1.59. The Hall–Kier alpha value is -1.81. The molecule has 26 heavy (non-hydrogen) atoms. The van der Waals surface area contributed by atoms with Crippen LogP contribution in [0.15, 0.2) is 30.9 Å². The number of fused-ring (bicyclic) bond motifs is 3. The standard InChI is InChI=1S/C22H31NO3/c1-3-5-19-14-17(7-9-22(24)25-4-2)6-8-21(19)26-16-20-15-23-12-10-18(20)11-13-23/h3,6,8,14,18,20H,1,4-5,7,9-13,15-16H2,2H3. The highest BCUT2D eigenvalue weighted by Crippen LogP contribution is 2.33. The van der Waals surface area contributed by atoms with Gasteiger partial charge in [-0.25, -0.2) is 0 Å². The molecule has 0 N–H and O–H groups in total. The van der Waals surface area contributed by atoms with Crippen molar-refractivity contribution >= 4 is 5.97 Å². The number of nitrogens with zero attached hydrogens (tertiary/aromatic N) is 1. The molecule has 3 saturated heterocycles. The average Bonchev–Trinajstić information content (AvgIpc) is 2.67. The number of benzene rings is 1. The number of esters is 1. The zero-order chi connectivity index (χ0) is 18.4. The van der Waals surface area contributed by atoms with E-state index < -0.39 is 0 Å². The van der Waals surface area contributed by atoms with E-state index in [2.05, 4.69) is 29.7 Å². The van der Waals surface area contributed by atoms with Crippen LogP contribution in [0.1, 0.15) is 37.3 Å². The van der Waals surface area contributed by atoms with Gasteiger partial charge in [-0.15, -0.1) is 6.58 Å². The molecule has 1 aromatic carbocycles. The zero-order valence-corrected chi connectivity index (χ0v) is 15.9. The van der Waals surface area contributed by atoms with Crippen molar-refractivity contribution in [3.63, 3.8) is 0 Å². The van der Waals surface area contributed by atoms with Gasteiger partial charge in [0.25, 0.3) is 0 Å². The molecule has 1 aromatic rings. The van der Waals surface area contributed by atoms with E-state index in [1.54, 1.807) is 0 Å². The van der Waals surface area contributed by atoms with E-state index in [-0.39, 0.29) is 5.97 Å². The molecule has 0 saturated carbocycles. The molecule has 0 amide bonds. The number of piperidine rings is 3. The molecule has 1 unspecified atom stereocenters. The van der Waals surface area contributed by atoms with Gasteiger partial charge in [0.2, 0.25) is 0 Å². The fraction of sp³-hybridized carbons (Fsp3) is 0.591. The Bertz CT molecular complexity index is 620. The lowest BCUT2D eigenvalue weighted by Gasteiger charge is -2.44. The SMILES string of the molecule is C=CCc1cc(CCC(=O)OCC)ccc1OCC1CN2CCC1CC2. The first kappa shape index (κ1) is 19.0. The summed E-state index contributed by atoms with van der Waals surface area (Å²) in [6, 6.07) is 6.27. The van der Waals surface area contributed by atoms with E-state index in [1.807, 2.05) is 13.0 Å². The first-order chi connectivity index (χ1) is 12.7. The number of carbonyl (C=O) groups is 1. The van der Waals surface area contributed by atoms with Gasteiger partial charge in [-0.3, -0.25) is 4.79 Å². The molecular formula is C22H31NO3. The minimum Gasteiger partial charge on any atom is -0.493 e. The lowest BCUT2D eigenvalue weighted by molar-refractivity contribution is -0.143. The fourth-order valence-electron chi connectivity index (χ4n) is 4.20. The molecule has 1 atom stereocenters. The van der Waals surface area contributed by atoms with Gasteiger partial charge < -0.3 is 14.4 Å². The number of aryl methyl sites for hydroxylation is 1. The molecule has 142 valence electrons. The Kier molecular flexibility index (Phi) is 6.73. The first-order valence-corrected chi connectivity index (χ1v) is 9.93. The van der Waals surface area contributed by atoms with E-state index in [1.165, 1.54) is 32.5 Å². The predicted molar refractivity (Wildman–Crippen MR) is 103 cm³/mol. The molecule has 0 aromatic heterocycles. The molecule has 2 bridgehead atoms. The molecule has 0 spiro atoms. The molecule has 4 heteroatoms. The Labute approximate surface area is 157 Å². The molecule has 4 rings (SSSR count). The maximum absolute atomic E-state index is 11.6. The van der Waals surface area contributed by atoms with Crippen LogP contribution < -0.4 is 4.74 Å². The minimum absolute atomic E-state index is 0.138. The highest BCUT2D eigenvalue weighted by Gasteiger charge is 2.34. The van der Waals surface area contributed by atoms with Gasteiger partial charge in [-0.05, 0) is 68.8 Å². The summed E-state index contributed by atoms with van der Waals surface area (Å²) in [7, 11) is 0. The minimum atomic E-state index is -0.138. The number of ether oxygens (including phenoxy) is 2. The van der Waals surface area contributed by atoms with Crippen molar-refractivity contribution in [2.75, 3.05) is 32.8 Å². The van der Waals surface area contributed by atoms with Crippen molar-refractivity contribution in [3.05, 3.63) is 42.0 Å². The molecule has 4 nitrogen and oxygen atoms in total. The smallest absolute Gasteiger partial charge is 0.306 e. The molecule has 0 aliphatic carbocycles. The van der Waals surface area contributed by atoms with E-state index in [9.17, 15) is 4.79 Å². The van der Waals surface area contributed by atoms with Gasteiger partial charge in [-0.1, -0.05) is 18.2 Å². The van der Waals surface area contributed by atoms with Crippen molar-refractivity contribution in [1.82, 2.24) is 4.90 Å². The second-order valence-electron chi connectivity index (χ2n) is 7.45. The van der Waals surface area contributed by atoms with Gasteiger partial charge >= 0.3 is 5.97 Å². The fourth-order valence-corrected chi connectivity index (χ4v) is 4.20. The maximum atomic E-state index is 11.6. The predicted octanol–water partition coefficient (Wildman–Crippen LogP) is 3.63. The molecule has 3 heterocycles. The van der Waals surface area contributed by atoms with E-state index >= 15 is 0 Å². The summed E-state index contributed by atoms with van der Waals surface area (Å²) in [6.07, 6.45) is 6.44. The second-order valence-corrected chi connectivity index (χ2v) is 7.45. The molecule has 3 aliphatic rings. The Morgan fingerprint density at radius 2 is 2.15 bits per heavy atom. The Morgan fingerprint density at radius 3 is 2.81 bits per heavy atom. The number of hydrogen-bond acceptors (Lipinski definition) is 4. The summed E-state index contributed by atoms with van der Waals surface area (Å²) in [5.74, 6) is 2.30. The number of rotatable bonds is 9. The van der Waals surface area contributed by atoms with Crippen LogP contribution in [-0.4, -0.2) is 43.7 Å². The monoisotopic (exact) mass is 357 g/mol. The lowest BCUT2D eigenvalue weighted by atomic mass is 9.79. The third kappa shape index (κ3) is 4.88. The van der Waals surface area contributed by atoms with Crippen LogP contribution in [0, 0.1) is 11.8 Å². The summed E-state index contributed by atoms with van der Waals surface area (Å²) in [4.78, 5) is 14.1. The van der Waals surface area contributed by atoms with Crippen LogP contribution in [0.4, 0.5) is 0 Å². The van der Waals surface area contributed by atoms with Crippen molar-refractivity contribution < 1.29 is 14.3 Å². The van der Waals surface area contributed by atoms with Crippen LogP contribution in [-0.2, 0) is 22.4 Å². The van der Waals surface area contributed by atoms with Crippen molar-refractivity contribution in [1.29, 1.82) is 0 Å². The highest BCUT2D eigenvalue weighted by atomic mass is 16.5. The van der Waals surface area contributed by atoms with Gasteiger partial charge in [0, 0.05) is 18.9 Å². The van der Waals surface area contributed by atoms with Crippen LogP contribution in [0.2, 0.25) is 0 Å². The summed E-state index contributed by atoms with van der Waals surface area (Å²) in [5, 5.41) is 0. The van der Waals surface area contributed by atoms with Gasteiger partial charge in [0.15, 0.2) is 0 Å². The quantitative estimate of drug-likeness (QED) is 0.500. The molecule has 0 radical (unpaired) electrons. The number of allylic oxidation sites excluding steroid dienone is 1. The third-order valence-electron chi connectivity index (χ3n) is 5.66. The van der Waals surface area contributed by atoms with Gasteiger partial charge in [0.1, 0.15) is 5.75 Å². The lowest BCUT2D eigenvalue weighted by Crippen LogP contribution is -2.49. The van der Waals surface area contributed by atoms with Crippen molar-refractivity contribution in [2.24, 2.45) is 11.8 Å². The second kappa shape index (κ2) is 9.22. The van der Waals surface area contributed by atoms with Crippen molar-refractivity contribution in [2.45, 2.75) is 39.0 Å². The first-order valence-electron chi connectivity index (χ1n) is 9.93. The van der Waals surface area contributed by atoms with Crippen LogP contribution in [0.5, 0.6) is 5.75 Å². The normalized spacial score (nSPS) is 24.3. The van der Waals surface area contributed by atoms with Crippen LogP contribution in [0.25, 0.3) is 0 Å². The van der Waals surface area contributed by atoms with E-state index in [4.69, 9.17) is 9.47 Å². The molecule has 3 aliphatic heterocycles. The topological polar surface area (TPSA) is 38.8 Å². The van der Waals surface area contributed by atoms with E-state index in [0.717, 1.165) is 35.8 Å². The summed E-state index contributed by atoms with van der Waals surface area (Å²) >= 11 is 0. The van der Waals surface area contributed by atoms with Crippen molar-refractivity contribution in [3.8, 4) is 5.75 Å². The van der Waals surface area contributed by atoms with Gasteiger partial charge in [-0.2, -0.15) is 0 Å². The summed E-state index contributed by atoms with van der Waals surface area (Å²) < 4.78 is 11.2. The van der Waals surface area contributed by atoms with Crippen LogP contribution >= 0.6 is 0 Å². The summed E-state index contributed by atoms with van der Waals surface area (Å²) in [6.45, 7) is 10.6. The maximum Gasteiger partial charge on any atom is 0.306 e.